The second-order valence-corrected chi connectivity index (χ2v) is 5.75. The highest BCUT2D eigenvalue weighted by molar-refractivity contribution is 5.71. The smallest absolute Gasteiger partial charge is 0.309 e. The average Bonchev–Trinajstić information content (AvgIpc) is 2.15. The van der Waals surface area contributed by atoms with E-state index in [4.69, 9.17) is 9.84 Å². The summed E-state index contributed by atoms with van der Waals surface area (Å²) in [5, 5.41) is 19.3. The molecule has 1 rings (SSSR count). The maximum absolute atomic E-state index is 11.1. The van der Waals surface area contributed by atoms with Gasteiger partial charge in [-0.25, -0.2) is 0 Å². The summed E-state index contributed by atoms with van der Waals surface area (Å²) >= 11 is 0. The van der Waals surface area contributed by atoms with E-state index in [2.05, 4.69) is 0 Å². The molecule has 1 aliphatic heterocycles. The summed E-state index contributed by atoms with van der Waals surface area (Å²) in [6.45, 7) is 7.48. The molecule has 0 aliphatic carbocycles. The lowest BCUT2D eigenvalue weighted by atomic mass is 9.76. The van der Waals surface area contributed by atoms with Crippen LogP contribution in [-0.4, -0.2) is 33.5 Å². The van der Waals surface area contributed by atoms with E-state index < -0.39 is 29.2 Å². The second kappa shape index (κ2) is 4.94. The standard InChI is InChI=1S/C13H24O4/c1-5-6-10(14)13(4)8-7-9(11(15)16)12(2,3)17-13/h9-10,14H,5-8H2,1-4H3,(H,15,16)/t9-,10-,13-/m1/s1. The van der Waals surface area contributed by atoms with Crippen LogP contribution in [0.25, 0.3) is 0 Å². The number of aliphatic carboxylic acids is 1. The fraction of sp³-hybridized carbons (Fsp3) is 0.923. The molecule has 0 bridgehead atoms. The fourth-order valence-corrected chi connectivity index (χ4v) is 2.74. The number of carbonyl (C=O) groups is 1. The molecule has 4 nitrogen and oxygen atoms in total. The Morgan fingerprint density at radius 2 is 2.06 bits per heavy atom. The average molecular weight is 244 g/mol. The third-order valence-corrected chi connectivity index (χ3v) is 3.83. The number of hydrogen-bond acceptors (Lipinski definition) is 3. The summed E-state index contributed by atoms with van der Waals surface area (Å²) in [6, 6.07) is 0. The van der Waals surface area contributed by atoms with Gasteiger partial charge < -0.3 is 14.9 Å². The predicted octanol–water partition coefficient (Wildman–Crippen LogP) is 2.20. The van der Waals surface area contributed by atoms with E-state index in [1.54, 1.807) is 13.8 Å². The van der Waals surface area contributed by atoms with Crippen molar-refractivity contribution in [3.63, 3.8) is 0 Å². The molecule has 1 fully saturated rings. The van der Waals surface area contributed by atoms with E-state index in [0.717, 1.165) is 6.42 Å². The highest BCUT2D eigenvalue weighted by atomic mass is 16.5. The number of carboxylic acid groups (broad SMARTS) is 1. The number of aliphatic hydroxyl groups excluding tert-OH is 1. The van der Waals surface area contributed by atoms with Gasteiger partial charge in [0.05, 0.1) is 23.2 Å². The Bertz CT molecular complexity index is 287. The van der Waals surface area contributed by atoms with Gasteiger partial charge in [-0.3, -0.25) is 4.79 Å². The van der Waals surface area contributed by atoms with Crippen LogP contribution in [0.1, 0.15) is 53.4 Å². The minimum Gasteiger partial charge on any atom is -0.481 e. The monoisotopic (exact) mass is 244 g/mol. The van der Waals surface area contributed by atoms with E-state index in [9.17, 15) is 9.90 Å². The Balaban J connectivity index is 2.81. The van der Waals surface area contributed by atoms with Gasteiger partial charge in [-0.15, -0.1) is 0 Å². The van der Waals surface area contributed by atoms with Gasteiger partial charge >= 0.3 is 5.97 Å². The first-order valence-electron chi connectivity index (χ1n) is 6.34. The Hall–Kier alpha value is -0.610. The third-order valence-electron chi connectivity index (χ3n) is 3.83. The predicted molar refractivity (Wildman–Crippen MR) is 64.8 cm³/mol. The first-order chi connectivity index (χ1) is 7.73. The normalized spacial score (nSPS) is 34.3. The Morgan fingerprint density at radius 3 is 2.47 bits per heavy atom. The molecule has 0 spiro atoms. The van der Waals surface area contributed by atoms with Gasteiger partial charge in [0.1, 0.15) is 0 Å². The molecular weight excluding hydrogens is 220 g/mol. The molecule has 0 aromatic rings. The van der Waals surface area contributed by atoms with Crippen LogP contribution in [0, 0.1) is 5.92 Å². The number of carboxylic acids is 1. The molecule has 0 amide bonds. The molecule has 0 radical (unpaired) electrons. The summed E-state index contributed by atoms with van der Waals surface area (Å²) in [5.41, 5.74) is -1.35. The zero-order valence-electron chi connectivity index (χ0n) is 11.2. The van der Waals surface area contributed by atoms with Crippen molar-refractivity contribution in [2.45, 2.75) is 70.7 Å². The topological polar surface area (TPSA) is 66.8 Å². The third kappa shape index (κ3) is 2.99. The second-order valence-electron chi connectivity index (χ2n) is 5.75. The first kappa shape index (κ1) is 14.5. The van der Waals surface area contributed by atoms with Crippen molar-refractivity contribution in [1.82, 2.24) is 0 Å². The van der Waals surface area contributed by atoms with Crippen LogP contribution in [0.15, 0.2) is 0 Å². The van der Waals surface area contributed by atoms with Crippen molar-refractivity contribution >= 4 is 5.97 Å². The van der Waals surface area contributed by atoms with Gasteiger partial charge in [-0.2, -0.15) is 0 Å². The maximum Gasteiger partial charge on any atom is 0.309 e. The largest absolute Gasteiger partial charge is 0.481 e. The van der Waals surface area contributed by atoms with Crippen LogP contribution in [0.4, 0.5) is 0 Å². The Kier molecular flexibility index (Phi) is 4.20. The van der Waals surface area contributed by atoms with Crippen molar-refractivity contribution in [1.29, 1.82) is 0 Å². The summed E-state index contributed by atoms with van der Waals surface area (Å²) in [7, 11) is 0. The highest BCUT2D eigenvalue weighted by Crippen LogP contribution is 2.41. The fourth-order valence-electron chi connectivity index (χ4n) is 2.74. The van der Waals surface area contributed by atoms with Crippen molar-refractivity contribution in [3.8, 4) is 0 Å². The van der Waals surface area contributed by atoms with Crippen molar-refractivity contribution < 1.29 is 19.7 Å². The highest BCUT2D eigenvalue weighted by Gasteiger charge is 2.49. The van der Waals surface area contributed by atoms with Gasteiger partial charge in [0.15, 0.2) is 0 Å². The van der Waals surface area contributed by atoms with Crippen molar-refractivity contribution in [2.75, 3.05) is 0 Å². The Morgan fingerprint density at radius 1 is 1.47 bits per heavy atom. The summed E-state index contributed by atoms with van der Waals surface area (Å²) < 4.78 is 5.92. The van der Waals surface area contributed by atoms with Crippen LogP contribution in [0.3, 0.4) is 0 Å². The van der Waals surface area contributed by atoms with E-state index in [-0.39, 0.29) is 0 Å². The minimum absolute atomic E-state index is 0.496. The molecule has 4 heteroatoms. The lowest BCUT2D eigenvalue weighted by Gasteiger charge is -2.48. The molecule has 17 heavy (non-hydrogen) atoms. The molecule has 2 N–H and O–H groups in total. The van der Waals surface area contributed by atoms with Crippen LogP contribution in [0.5, 0.6) is 0 Å². The van der Waals surface area contributed by atoms with E-state index in [0.29, 0.717) is 19.3 Å². The number of ether oxygens (including phenoxy) is 1. The lowest BCUT2D eigenvalue weighted by Crippen LogP contribution is -2.56. The van der Waals surface area contributed by atoms with Gasteiger partial charge in [-0.05, 0) is 40.0 Å². The maximum atomic E-state index is 11.1. The van der Waals surface area contributed by atoms with Crippen LogP contribution in [0.2, 0.25) is 0 Å². The number of rotatable bonds is 4. The molecule has 0 aromatic carbocycles. The zero-order valence-corrected chi connectivity index (χ0v) is 11.2. The van der Waals surface area contributed by atoms with Crippen molar-refractivity contribution in [3.05, 3.63) is 0 Å². The van der Waals surface area contributed by atoms with Gasteiger partial charge in [0.2, 0.25) is 0 Å². The van der Waals surface area contributed by atoms with Gasteiger partial charge in [0.25, 0.3) is 0 Å². The number of hydrogen-bond donors (Lipinski definition) is 2. The van der Waals surface area contributed by atoms with E-state index >= 15 is 0 Å². The molecule has 0 unspecified atom stereocenters. The summed E-state index contributed by atoms with van der Waals surface area (Å²) in [5.74, 6) is -1.31. The molecule has 0 aromatic heterocycles. The van der Waals surface area contributed by atoms with Crippen LogP contribution in [-0.2, 0) is 9.53 Å². The SMILES string of the molecule is CCC[C@@H](O)[C@@]1(C)CC[C@H](C(=O)O)C(C)(C)O1. The van der Waals surface area contributed by atoms with Crippen molar-refractivity contribution in [2.24, 2.45) is 5.92 Å². The minimum atomic E-state index is -0.818. The molecule has 3 atom stereocenters. The quantitative estimate of drug-likeness (QED) is 0.795. The zero-order chi connectivity index (χ0) is 13.3. The van der Waals surface area contributed by atoms with Crippen LogP contribution >= 0.6 is 0 Å². The van der Waals surface area contributed by atoms with Gasteiger partial charge in [0, 0.05) is 0 Å². The molecule has 1 saturated heterocycles. The van der Waals surface area contributed by atoms with E-state index in [1.165, 1.54) is 0 Å². The molecule has 100 valence electrons. The molecule has 0 saturated carbocycles. The molecular formula is C13H24O4. The summed E-state index contributed by atoms with van der Waals surface area (Å²) in [4.78, 5) is 11.1. The van der Waals surface area contributed by atoms with E-state index in [1.807, 2.05) is 13.8 Å². The molecule has 1 aliphatic rings. The lowest BCUT2D eigenvalue weighted by molar-refractivity contribution is -0.233. The summed E-state index contributed by atoms with van der Waals surface area (Å²) in [6.07, 6.45) is 2.20. The first-order valence-corrected chi connectivity index (χ1v) is 6.34. The van der Waals surface area contributed by atoms with Gasteiger partial charge in [-0.1, -0.05) is 13.3 Å². The number of aliphatic hydroxyl groups is 1. The molecule has 1 heterocycles. The van der Waals surface area contributed by atoms with Crippen LogP contribution < -0.4 is 0 Å². The Labute approximate surface area is 103 Å².